The summed E-state index contributed by atoms with van der Waals surface area (Å²) in [5.74, 6) is 0.713. The number of hydrogen-bond acceptors (Lipinski definition) is 5. The van der Waals surface area contributed by atoms with Crippen molar-refractivity contribution < 1.29 is 14.6 Å². The van der Waals surface area contributed by atoms with Gasteiger partial charge in [0.05, 0.1) is 18.9 Å². The molecule has 1 aliphatic heterocycles. The second-order valence-electron chi connectivity index (χ2n) is 5.65. The van der Waals surface area contributed by atoms with Gasteiger partial charge in [-0.25, -0.2) is 5.01 Å². The Morgan fingerprint density at radius 3 is 2.92 bits per heavy atom. The molecule has 0 unspecified atom stereocenters. The number of hydrogen-bond donors (Lipinski definition) is 1. The van der Waals surface area contributed by atoms with E-state index in [1.807, 2.05) is 24.4 Å². The van der Waals surface area contributed by atoms with Gasteiger partial charge in [0, 0.05) is 29.3 Å². The van der Waals surface area contributed by atoms with Gasteiger partial charge >= 0.3 is 0 Å². The quantitative estimate of drug-likeness (QED) is 0.893. The number of rotatable bonds is 5. The molecule has 3 rings (SSSR count). The fourth-order valence-corrected chi connectivity index (χ4v) is 3.63. The number of phenols is 1. The number of carbonyl (C=O) groups is 1. The second kappa shape index (κ2) is 7.05. The zero-order valence-electron chi connectivity index (χ0n) is 13.7. The maximum absolute atomic E-state index is 12.5. The molecule has 1 aromatic heterocycles. The van der Waals surface area contributed by atoms with Gasteiger partial charge in [-0.1, -0.05) is 13.0 Å². The lowest BCUT2D eigenvalue weighted by Crippen LogP contribution is -2.26. The van der Waals surface area contributed by atoms with Crippen molar-refractivity contribution in [3.63, 3.8) is 0 Å². The van der Waals surface area contributed by atoms with Crippen LogP contribution >= 0.6 is 11.3 Å². The summed E-state index contributed by atoms with van der Waals surface area (Å²) in [6, 6.07) is 9.04. The van der Waals surface area contributed by atoms with Gasteiger partial charge in [0.25, 0.3) is 0 Å². The maximum Gasteiger partial charge on any atom is 0.243 e. The van der Waals surface area contributed by atoms with Gasteiger partial charge in [0.15, 0.2) is 0 Å². The van der Waals surface area contributed by atoms with E-state index in [0.717, 1.165) is 17.0 Å². The first-order chi connectivity index (χ1) is 11.6. The molecule has 1 aromatic carbocycles. The first-order valence-corrected chi connectivity index (χ1v) is 8.82. The Morgan fingerprint density at radius 2 is 2.29 bits per heavy atom. The average Bonchev–Trinajstić information content (AvgIpc) is 3.24. The van der Waals surface area contributed by atoms with Crippen molar-refractivity contribution in [2.45, 2.75) is 32.2 Å². The molecule has 0 bridgehead atoms. The summed E-state index contributed by atoms with van der Waals surface area (Å²) < 4.78 is 5.12. The zero-order valence-corrected chi connectivity index (χ0v) is 14.5. The third kappa shape index (κ3) is 3.14. The SMILES string of the molecule is CCCC(=O)N1N=C(c2ccc(OC)cc2O)C[C@H]1c1cccs1. The monoisotopic (exact) mass is 344 g/mol. The van der Waals surface area contributed by atoms with Crippen molar-refractivity contribution in [3.05, 3.63) is 46.2 Å². The molecule has 0 saturated carbocycles. The van der Waals surface area contributed by atoms with E-state index in [4.69, 9.17) is 4.74 Å². The van der Waals surface area contributed by atoms with Gasteiger partial charge in [-0.15, -0.1) is 11.3 Å². The molecule has 5 nitrogen and oxygen atoms in total. The van der Waals surface area contributed by atoms with Crippen LogP contribution in [0.4, 0.5) is 0 Å². The van der Waals surface area contributed by atoms with Crippen molar-refractivity contribution >= 4 is 23.0 Å². The van der Waals surface area contributed by atoms with Gasteiger partial charge in [0.2, 0.25) is 5.91 Å². The van der Waals surface area contributed by atoms with Crippen molar-refractivity contribution in [1.29, 1.82) is 0 Å². The van der Waals surface area contributed by atoms with E-state index in [-0.39, 0.29) is 17.7 Å². The predicted octanol–water partition coefficient (Wildman–Crippen LogP) is 3.94. The van der Waals surface area contributed by atoms with Crippen LogP contribution in [0.5, 0.6) is 11.5 Å². The highest BCUT2D eigenvalue weighted by Gasteiger charge is 2.34. The summed E-state index contributed by atoms with van der Waals surface area (Å²) in [7, 11) is 1.56. The van der Waals surface area contributed by atoms with Crippen LogP contribution in [0.2, 0.25) is 0 Å². The fraction of sp³-hybridized carbons (Fsp3) is 0.333. The first-order valence-electron chi connectivity index (χ1n) is 7.94. The molecule has 2 aromatic rings. The van der Waals surface area contributed by atoms with Gasteiger partial charge in [-0.3, -0.25) is 4.79 Å². The number of carbonyl (C=O) groups excluding carboxylic acids is 1. The average molecular weight is 344 g/mol. The number of hydrazone groups is 1. The largest absolute Gasteiger partial charge is 0.507 e. The Balaban J connectivity index is 1.94. The number of methoxy groups -OCH3 is 1. The molecule has 1 aliphatic rings. The number of aromatic hydroxyl groups is 1. The molecule has 1 N–H and O–H groups in total. The molecule has 6 heteroatoms. The summed E-state index contributed by atoms with van der Waals surface area (Å²) in [5.41, 5.74) is 1.36. The lowest BCUT2D eigenvalue weighted by molar-refractivity contribution is -0.132. The predicted molar refractivity (Wildman–Crippen MR) is 94.6 cm³/mol. The summed E-state index contributed by atoms with van der Waals surface area (Å²) in [5, 5.41) is 18.4. The highest BCUT2D eigenvalue weighted by Crippen LogP contribution is 2.37. The van der Waals surface area contributed by atoms with Crippen LogP contribution < -0.4 is 4.74 Å². The van der Waals surface area contributed by atoms with E-state index < -0.39 is 0 Å². The molecule has 24 heavy (non-hydrogen) atoms. The molecule has 1 atom stereocenters. The van der Waals surface area contributed by atoms with E-state index in [9.17, 15) is 9.90 Å². The Morgan fingerprint density at radius 1 is 1.46 bits per heavy atom. The van der Waals surface area contributed by atoms with E-state index in [2.05, 4.69) is 5.10 Å². The molecule has 126 valence electrons. The highest BCUT2D eigenvalue weighted by molar-refractivity contribution is 7.10. The van der Waals surface area contributed by atoms with Crippen LogP contribution in [-0.4, -0.2) is 28.8 Å². The number of phenolic OH excluding ortho intramolecular Hbond substituents is 1. The molecular formula is C18H20N2O3S. The lowest BCUT2D eigenvalue weighted by atomic mass is 10.0. The minimum atomic E-state index is -0.0967. The molecule has 1 amide bonds. The summed E-state index contributed by atoms with van der Waals surface area (Å²) in [4.78, 5) is 13.6. The van der Waals surface area contributed by atoms with E-state index >= 15 is 0 Å². The number of benzene rings is 1. The Kier molecular flexibility index (Phi) is 4.85. The minimum Gasteiger partial charge on any atom is -0.507 e. The standard InChI is InChI=1S/C18H20N2O3S/c1-3-5-18(22)20-15(17-6-4-9-24-17)11-14(19-20)13-8-7-12(23-2)10-16(13)21/h4,6-10,15,21H,3,5,11H2,1-2H3/t15-/m0/s1. The van der Waals surface area contributed by atoms with Crippen molar-refractivity contribution in [3.8, 4) is 11.5 Å². The summed E-state index contributed by atoms with van der Waals surface area (Å²) in [6.45, 7) is 1.98. The number of nitrogens with zero attached hydrogens (tertiary/aromatic N) is 2. The molecule has 0 aliphatic carbocycles. The molecular weight excluding hydrogens is 324 g/mol. The van der Waals surface area contributed by atoms with Crippen LogP contribution in [-0.2, 0) is 4.79 Å². The van der Waals surface area contributed by atoms with Crippen LogP contribution in [0.1, 0.15) is 42.7 Å². The number of ether oxygens (including phenoxy) is 1. The first kappa shape index (κ1) is 16.5. The lowest BCUT2D eigenvalue weighted by Gasteiger charge is -2.20. The van der Waals surface area contributed by atoms with E-state index in [1.165, 1.54) is 0 Å². The zero-order chi connectivity index (χ0) is 17.1. The summed E-state index contributed by atoms with van der Waals surface area (Å²) in [6.07, 6.45) is 1.84. The van der Waals surface area contributed by atoms with Crippen molar-refractivity contribution in [1.82, 2.24) is 5.01 Å². The third-order valence-electron chi connectivity index (χ3n) is 4.02. The molecule has 0 radical (unpaired) electrons. The molecule has 0 saturated heterocycles. The number of amides is 1. The molecule has 2 heterocycles. The Labute approximate surface area is 145 Å². The topological polar surface area (TPSA) is 62.1 Å². The Bertz CT molecular complexity index is 756. The van der Waals surface area contributed by atoms with Crippen molar-refractivity contribution in [2.75, 3.05) is 7.11 Å². The fourth-order valence-electron chi connectivity index (χ4n) is 2.82. The third-order valence-corrected chi connectivity index (χ3v) is 4.99. The normalized spacial score (nSPS) is 17.0. The van der Waals surface area contributed by atoms with E-state index in [1.54, 1.807) is 41.7 Å². The Hall–Kier alpha value is -2.34. The smallest absolute Gasteiger partial charge is 0.243 e. The van der Waals surface area contributed by atoms with Crippen LogP contribution in [0.15, 0.2) is 40.8 Å². The van der Waals surface area contributed by atoms with E-state index in [0.29, 0.717) is 24.2 Å². The van der Waals surface area contributed by atoms with Gasteiger partial charge < -0.3 is 9.84 Å². The number of thiophene rings is 1. The molecule has 0 fully saturated rings. The van der Waals surface area contributed by atoms with Crippen molar-refractivity contribution in [2.24, 2.45) is 5.10 Å². The summed E-state index contributed by atoms with van der Waals surface area (Å²) >= 11 is 1.62. The van der Waals surface area contributed by atoms with Gasteiger partial charge in [-0.2, -0.15) is 5.10 Å². The van der Waals surface area contributed by atoms with Crippen LogP contribution in [0.3, 0.4) is 0 Å². The molecule has 0 spiro atoms. The maximum atomic E-state index is 12.5. The highest BCUT2D eigenvalue weighted by atomic mass is 32.1. The van der Waals surface area contributed by atoms with Crippen LogP contribution in [0, 0.1) is 0 Å². The van der Waals surface area contributed by atoms with Gasteiger partial charge in [0.1, 0.15) is 11.5 Å². The van der Waals surface area contributed by atoms with Crippen LogP contribution in [0.25, 0.3) is 0 Å². The second-order valence-corrected chi connectivity index (χ2v) is 6.63. The minimum absolute atomic E-state index is 0.0129. The van der Waals surface area contributed by atoms with Gasteiger partial charge in [-0.05, 0) is 30.0 Å².